The minimum atomic E-state index is -3.59. The highest BCUT2D eigenvalue weighted by atomic mass is 32.2. The maximum absolute atomic E-state index is 13.1. The molecule has 1 aromatic heterocycles. The summed E-state index contributed by atoms with van der Waals surface area (Å²) >= 11 is 1.46. The Bertz CT molecular complexity index is 1350. The molecule has 2 atom stereocenters. The Kier molecular flexibility index (Phi) is 7.37. The summed E-state index contributed by atoms with van der Waals surface area (Å²) in [6, 6.07) is 12.3. The van der Waals surface area contributed by atoms with Crippen LogP contribution in [0, 0.1) is 18.8 Å². The van der Waals surface area contributed by atoms with Gasteiger partial charge in [0.1, 0.15) is 0 Å². The van der Waals surface area contributed by atoms with Crippen molar-refractivity contribution in [2.75, 3.05) is 26.8 Å². The average molecular weight is 502 g/mol. The van der Waals surface area contributed by atoms with Gasteiger partial charge in [-0.05, 0) is 67.1 Å². The Balaban J connectivity index is 1.63. The van der Waals surface area contributed by atoms with Gasteiger partial charge in [0.15, 0.2) is 4.80 Å². The van der Waals surface area contributed by atoms with Crippen molar-refractivity contribution in [2.45, 2.75) is 38.6 Å². The first kappa shape index (κ1) is 24.8. The lowest BCUT2D eigenvalue weighted by molar-refractivity contribution is 0.0997. The van der Waals surface area contributed by atoms with Crippen LogP contribution in [-0.2, 0) is 21.3 Å². The highest BCUT2D eigenvalue weighted by molar-refractivity contribution is 7.89. The SMILES string of the molecule is COCCn1c(=NC(=O)c2ccc(S(=O)(=O)N3C[C@H](C)C[C@@H](C)C3)cc2)sc2cc(C)ccc21. The van der Waals surface area contributed by atoms with Crippen LogP contribution >= 0.6 is 11.3 Å². The number of amides is 1. The number of nitrogens with zero attached hydrogens (tertiary/aromatic N) is 3. The summed E-state index contributed by atoms with van der Waals surface area (Å²) in [7, 11) is -1.95. The monoisotopic (exact) mass is 501 g/mol. The molecule has 1 aliphatic heterocycles. The molecule has 4 rings (SSSR count). The maximum atomic E-state index is 13.1. The zero-order chi connectivity index (χ0) is 24.5. The van der Waals surface area contributed by atoms with Gasteiger partial charge in [-0.2, -0.15) is 9.30 Å². The molecule has 0 radical (unpaired) electrons. The van der Waals surface area contributed by atoms with Crippen LogP contribution in [0.15, 0.2) is 52.4 Å². The second kappa shape index (κ2) is 10.1. The Morgan fingerprint density at radius 1 is 1.12 bits per heavy atom. The van der Waals surface area contributed by atoms with E-state index in [2.05, 4.69) is 24.9 Å². The van der Waals surface area contributed by atoms with Crippen LogP contribution in [0.5, 0.6) is 0 Å². The molecule has 0 saturated carbocycles. The van der Waals surface area contributed by atoms with Crippen molar-refractivity contribution in [3.63, 3.8) is 0 Å². The number of aromatic nitrogens is 1. The van der Waals surface area contributed by atoms with Crippen LogP contribution in [-0.4, -0.2) is 50.0 Å². The van der Waals surface area contributed by atoms with Gasteiger partial charge in [-0.3, -0.25) is 4.79 Å². The topological polar surface area (TPSA) is 81.0 Å². The number of methoxy groups -OCH3 is 1. The summed E-state index contributed by atoms with van der Waals surface area (Å²) in [4.78, 5) is 18.1. The van der Waals surface area contributed by atoms with Gasteiger partial charge in [0.2, 0.25) is 10.0 Å². The first-order valence-corrected chi connectivity index (χ1v) is 13.7. The minimum absolute atomic E-state index is 0.206. The molecule has 2 aromatic carbocycles. The van der Waals surface area contributed by atoms with E-state index in [-0.39, 0.29) is 4.90 Å². The molecule has 0 N–H and O–H groups in total. The summed E-state index contributed by atoms with van der Waals surface area (Å²) in [6.45, 7) is 8.31. The molecule has 0 bridgehead atoms. The van der Waals surface area contributed by atoms with Gasteiger partial charge >= 0.3 is 0 Å². The molecule has 0 unspecified atom stereocenters. The van der Waals surface area contributed by atoms with Crippen LogP contribution in [0.2, 0.25) is 0 Å². The molecule has 1 aliphatic rings. The van der Waals surface area contributed by atoms with E-state index in [4.69, 9.17) is 4.74 Å². The van der Waals surface area contributed by atoms with Gasteiger partial charge in [0.25, 0.3) is 5.91 Å². The van der Waals surface area contributed by atoms with Gasteiger partial charge in [-0.25, -0.2) is 8.42 Å². The third-order valence-electron chi connectivity index (χ3n) is 6.13. The lowest BCUT2D eigenvalue weighted by atomic mass is 9.94. The second-order valence-electron chi connectivity index (χ2n) is 9.21. The molecule has 7 nitrogen and oxygen atoms in total. The number of sulfonamides is 1. The second-order valence-corrected chi connectivity index (χ2v) is 12.2. The van der Waals surface area contributed by atoms with Crippen molar-refractivity contribution in [3.05, 3.63) is 58.4 Å². The molecule has 1 fully saturated rings. The Hall–Kier alpha value is -2.33. The number of benzene rings is 2. The van der Waals surface area contributed by atoms with Crippen LogP contribution < -0.4 is 4.80 Å². The predicted molar refractivity (Wildman–Crippen MR) is 134 cm³/mol. The number of aryl methyl sites for hydroxylation is 1. The van der Waals surface area contributed by atoms with Crippen molar-refractivity contribution in [1.82, 2.24) is 8.87 Å². The van der Waals surface area contributed by atoms with E-state index >= 15 is 0 Å². The molecule has 34 heavy (non-hydrogen) atoms. The predicted octanol–water partition coefficient (Wildman–Crippen LogP) is 4.07. The first-order valence-electron chi connectivity index (χ1n) is 11.5. The number of ether oxygens (including phenoxy) is 1. The number of rotatable bonds is 6. The number of carbonyl (C=O) groups is 1. The van der Waals surface area contributed by atoms with Gasteiger partial charge < -0.3 is 9.30 Å². The standard InChI is InChI=1S/C25H31N3O4S2/c1-17-5-10-22-23(14-17)33-25(28(22)11-12-32-4)26-24(29)20-6-8-21(9-7-20)34(30,31)27-15-18(2)13-19(3)16-27/h5-10,14,18-19H,11-13,15-16H2,1-4H3/t18-,19-/m1/s1. The van der Waals surface area contributed by atoms with E-state index in [1.54, 1.807) is 23.5 Å². The van der Waals surface area contributed by atoms with Crippen LogP contribution in [0.4, 0.5) is 0 Å². The summed E-state index contributed by atoms with van der Waals surface area (Å²) in [6.07, 6.45) is 1.03. The Morgan fingerprint density at radius 2 is 1.79 bits per heavy atom. The number of hydrogen-bond donors (Lipinski definition) is 0. The lowest BCUT2D eigenvalue weighted by Crippen LogP contribution is -2.42. The molecule has 9 heteroatoms. The molecule has 1 saturated heterocycles. The third-order valence-corrected chi connectivity index (χ3v) is 9.02. The number of hydrogen-bond acceptors (Lipinski definition) is 5. The highest BCUT2D eigenvalue weighted by Crippen LogP contribution is 2.27. The number of piperidine rings is 1. The van der Waals surface area contributed by atoms with Gasteiger partial charge in [0.05, 0.1) is 21.7 Å². The van der Waals surface area contributed by atoms with Crippen molar-refractivity contribution in [1.29, 1.82) is 0 Å². The molecular weight excluding hydrogens is 470 g/mol. The minimum Gasteiger partial charge on any atom is -0.383 e. The van der Waals surface area contributed by atoms with E-state index in [1.807, 2.05) is 23.6 Å². The van der Waals surface area contributed by atoms with Crippen molar-refractivity contribution in [3.8, 4) is 0 Å². The molecule has 3 aromatic rings. The third kappa shape index (κ3) is 5.17. The van der Waals surface area contributed by atoms with E-state index in [9.17, 15) is 13.2 Å². The van der Waals surface area contributed by atoms with Gasteiger partial charge in [-0.1, -0.05) is 31.3 Å². The highest BCUT2D eigenvalue weighted by Gasteiger charge is 2.31. The fraction of sp³-hybridized carbons (Fsp3) is 0.440. The summed E-state index contributed by atoms with van der Waals surface area (Å²) in [5.74, 6) is 0.250. The van der Waals surface area contributed by atoms with Crippen LogP contribution in [0.1, 0.15) is 36.2 Å². The average Bonchev–Trinajstić information content (AvgIpc) is 3.12. The van der Waals surface area contributed by atoms with Gasteiger partial charge in [0, 0.05) is 32.3 Å². The molecule has 0 spiro atoms. The maximum Gasteiger partial charge on any atom is 0.279 e. The summed E-state index contributed by atoms with van der Waals surface area (Å²) in [5, 5.41) is 0. The van der Waals surface area contributed by atoms with E-state index < -0.39 is 15.9 Å². The Morgan fingerprint density at radius 3 is 2.44 bits per heavy atom. The Labute approximate surface area is 204 Å². The van der Waals surface area contributed by atoms with Crippen molar-refractivity contribution >= 4 is 37.5 Å². The van der Waals surface area contributed by atoms with E-state index in [0.29, 0.717) is 48.4 Å². The van der Waals surface area contributed by atoms with E-state index in [0.717, 1.165) is 22.2 Å². The number of fused-ring (bicyclic) bond motifs is 1. The van der Waals surface area contributed by atoms with Crippen LogP contribution in [0.25, 0.3) is 10.2 Å². The summed E-state index contributed by atoms with van der Waals surface area (Å²) < 4.78 is 36.1. The fourth-order valence-corrected chi connectivity index (χ4v) is 7.37. The molecule has 0 aliphatic carbocycles. The number of carbonyl (C=O) groups excluding carboxylic acids is 1. The zero-order valence-electron chi connectivity index (χ0n) is 20.0. The van der Waals surface area contributed by atoms with Gasteiger partial charge in [-0.15, -0.1) is 0 Å². The molecule has 182 valence electrons. The number of thiazole rings is 1. The lowest BCUT2D eigenvalue weighted by Gasteiger charge is -2.34. The zero-order valence-corrected chi connectivity index (χ0v) is 21.7. The van der Waals surface area contributed by atoms with Crippen LogP contribution in [0.3, 0.4) is 0 Å². The summed E-state index contributed by atoms with van der Waals surface area (Å²) in [5.41, 5.74) is 2.50. The quantitative estimate of drug-likeness (QED) is 0.510. The van der Waals surface area contributed by atoms with Crippen molar-refractivity contribution in [2.24, 2.45) is 16.8 Å². The molecular formula is C25H31N3O4S2. The fourth-order valence-electron chi connectivity index (χ4n) is 4.54. The largest absolute Gasteiger partial charge is 0.383 e. The first-order chi connectivity index (χ1) is 16.2. The van der Waals surface area contributed by atoms with E-state index in [1.165, 1.54) is 23.5 Å². The van der Waals surface area contributed by atoms with Crippen molar-refractivity contribution < 1.29 is 17.9 Å². The normalized spacial score (nSPS) is 20.2. The molecule has 1 amide bonds. The molecule has 2 heterocycles. The smallest absolute Gasteiger partial charge is 0.279 e.